The molecule has 0 bridgehead atoms. The molecular weight excluding hydrogens is 305 g/mol. The van der Waals surface area contributed by atoms with Crippen molar-refractivity contribution in [2.45, 2.75) is 6.54 Å². The lowest BCUT2D eigenvalue weighted by Gasteiger charge is -2.12. The van der Waals surface area contributed by atoms with E-state index in [1.165, 1.54) is 0 Å². The number of methoxy groups -OCH3 is 1. The van der Waals surface area contributed by atoms with Crippen LogP contribution in [0.5, 0.6) is 5.75 Å². The fourth-order valence-corrected chi connectivity index (χ4v) is 2.58. The van der Waals surface area contributed by atoms with Gasteiger partial charge in [0.2, 0.25) is 0 Å². The third kappa shape index (κ3) is 2.98. The standard InChI is InChI=1S/C14H12Cl3NO/c1-19-14-6-12(16)11(5-13(14)17)10-3-2-9(15)4-8(10)7-18/h2-6H,7,18H2,1H3. The topological polar surface area (TPSA) is 35.2 Å². The van der Waals surface area contributed by atoms with E-state index in [2.05, 4.69) is 0 Å². The van der Waals surface area contributed by atoms with E-state index in [9.17, 15) is 0 Å². The molecule has 0 saturated carbocycles. The van der Waals surface area contributed by atoms with Gasteiger partial charge >= 0.3 is 0 Å². The Morgan fingerprint density at radius 2 is 1.74 bits per heavy atom. The first-order valence-corrected chi connectivity index (χ1v) is 6.72. The van der Waals surface area contributed by atoms with Crippen LogP contribution < -0.4 is 10.5 Å². The molecule has 2 aromatic carbocycles. The molecule has 0 radical (unpaired) electrons. The van der Waals surface area contributed by atoms with Crippen LogP contribution >= 0.6 is 34.8 Å². The number of benzene rings is 2. The molecule has 0 spiro atoms. The molecule has 0 heterocycles. The van der Waals surface area contributed by atoms with Crippen LogP contribution in [0.15, 0.2) is 30.3 Å². The first-order valence-electron chi connectivity index (χ1n) is 5.58. The highest BCUT2D eigenvalue weighted by molar-refractivity contribution is 6.36. The van der Waals surface area contributed by atoms with Gasteiger partial charge in [0.15, 0.2) is 0 Å². The van der Waals surface area contributed by atoms with Gasteiger partial charge in [0.05, 0.1) is 17.2 Å². The molecule has 2 aromatic rings. The van der Waals surface area contributed by atoms with E-state index in [-0.39, 0.29) is 0 Å². The van der Waals surface area contributed by atoms with Gasteiger partial charge in [0.25, 0.3) is 0 Å². The Balaban J connectivity index is 2.62. The second kappa shape index (κ2) is 6.02. The van der Waals surface area contributed by atoms with Crippen molar-refractivity contribution in [1.82, 2.24) is 0 Å². The summed E-state index contributed by atoms with van der Waals surface area (Å²) in [5.74, 6) is 0.540. The molecule has 5 heteroatoms. The molecule has 100 valence electrons. The Bertz CT molecular complexity index is 614. The third-order valence-electron chi connectivity index (χ3n) is 2.82. The number of nitrogens with two attached hydrogens (primary N) is 1. The van der Waals surface area contributed by atoms with Gasteiger partial charge < -0.3 is 10.5 Å². The van der Waals surface area contributed by atoms with Crippen LogP contribution in [0.25, 0.3) is 11.1 Å². The summed E-state index contributed by atoms with van der Waals surface area (Å²) < 4.78 is 5.13. The average molecular weight is 317 g/mol. The van der Waals surface area contributed by atoms with Crippen molar-refractivity contribution < 1.29 is 4.74 Å². The van der Waals surface area contributed by atoms with E-state index < -0.39 is 0 Å². The molecule has 0 atom stereocenters. The lowest BCUT2D eigenvalue weighted by Crippen LogP contribution is -1.99. The first kappa shape index (κ1) is 14.5. The highest BCUT2D eigenvalue weighted by atomic mass is 35.5. The molecule has 0 fully saturated rings. The molecule has 0 aliphatic carbocycles. The van der Waals surface area contributed by atoms with Gasteiger partial charge in [0, 0.05) is 23.2 Å². The number of hydrogen-bond acceptors (Lipinski definition) is 2. The number of ether oxygens (including phenoxy) is 1. The van der Waals surface area contributed by atoms with Crippen molar-refractivity contribution in [2.24, 2.45) is 5.73 Å². The molecule has 0 amide bonds. The normalized spacial score (nSPS) is 10.6. The third-order valence-corrected chi connectivity index (χ3v) is 3.66. The molecule has 0 aromatic heterocycles. The average Bonchev–Trinajstić information content (AvgIpc) is 2.41. The van der Waals surface area contributed by atoms with Crippen LogP contribution in [0.2, 0.25) is 15.1 Å². The minimum absolute atomic E-state index is 0.371. The molecule has 0 aliphatic heterocycles. The van der Waals surface area contributed by atoms with Crippen LogP contribution in [0.1, 0.15) is 5.56 Å². The van der Waals surface area contributed by atoms with Gasteiger partial charge in [-0.25, -0.2) is 0 Å². The SMILES string of the molecule is COc1cc(Cl)c(-c2ccc(Cl)cc2CN)cc1Cl. The highest BCUT2D eigenvalue weighted by Gasteiger charge is 2.12. The van der Waals surface area contributed by atoms with E-state index in [4.69, 9.17) is 45.3 Å². The van der Waals surface area contributed by atoms with Crippen molar-refractivity contribution in [2.75, 3.05) is 7.11 Å². The first-order chi connectivity index (χ1) is 9.06. The molecular formula is C14H12Cl3NO. The van der Waals surface area contributed by atoms with Gasteiger partial charge in [0.1, 0.15) is 5.75 Å². The summed E-state index contributed by atoms with van der Waals surface area (Å²) in [6.07, 6.45) is 0. The maximum absolute atomic E-state index is 6.27. The van der Waals surface area contributed by atoms with E-state index in [1.807, 2.05) is 12.1 Å². The molecule has 0 unspecified atom stereocenters. The minimum Gasteiger partial charge on any atom is -0.495 e. The summed E-state index contributed by atoms with van der Waals surface area (Å²) in [4.78, 5) is 0. The number of halogens is 3. The quantitative estimate of drug-likeness (QED) is 0.884. The van der Waals surface area contributed by atoms with Gasteiger partial charge in [-0.2, -0.15) is 0 Å². The summed E-state index contributed by atoms with van der Waals surface area (Å²) in [6, 6.07) is 8.96. The Kier molecular flexibility index (Phi) is 4.58. The zero-order valence-electron chi connectivity index (χ0n) is 10.2. The van der Waals surface area contributed by atoms with E-state index in [0.717, 1.165) is 16.7 Å². The van der Waals surface area contributed by atoms with E-state index >= 15 is 0 Å². The van der Waals surface area contributed by atoms with Gasteiger partial charge in [-0.1, -0.05) is 40.9 Å². The fourth-order valence-electron chi connectivity index (χ4n) is 1.89. The van der Waals surface area contributed by atoms with E-state index in [0.29, 0.717) is 27.4 Å². The number of hydrogen-bond donors (Lipinski definition) is 1. The van der Waals surface area contributed by atoms with Crippen LogP contribution in [-0.4, -0.2) is 7.11 Å². The lowest BCUT2D eigenvalue weighted by atomic mass is 9.99. The van der Waals surface area contributed by atoms with Crippen LogP contribution in [0.4, 0.5) is 0 Å². The predicted molar refractivity (Wildman–Crippen MR) is 81.4 cm³/mol. The van der Waals surface area contributed by atoms with Gasteiger partial charge in [-0.15, -0.1) is 0 Å². The Morgan fingerprint density at radius 1 is 1.00 bits per heavy atom. The summed E-state index contributed by atoms with van der Waals surface area (Å²) in [5, 5.41) is 1.69. The minimum atomic E-state index is 0.371. The van der Waals surface area contributed by atoms with Crippen molar-refractivity contribution >= 4 is 34.8 Å². The smallest absolute Gasteiger partial charge is 0.138 e. The summed E-state index contributed by atoms with van der Waals surface area (Å²) in [7, 11) is 1.55. The Hall–Kier alpha value is -0.930. The number of rotatable bonds is 3. The summed E-state index contributed by atoms with van der Waals surface area (Å²) >= 11 is 18.4. The highest BCUT2D eigenvalue weighted by Crippen LogP contribution is 2.38. The second-order valence-electron chi connectivity index (χ2n) is 3.97. The van der Waals surface area contributed by atoms with Crippen LogP contribution in [0.3, 0.4) is 0 Å². The molecule has 0 aliphatic rings. The van der Waals surface area contributed by atoms with Gasteiger partial charge in [-0.3, -0.25) is 0 Å². The monoisotopic (exact) mass is 315 g/mol. The molecule has 0 saturated heterocycles. The largest absolute Gasteiger partial charge is 0.495 e. The predicted octanol–water partition coefficient (Wildman–Crippen LogP) is 4.78. The molecule has 2 nitrogen and oxygen atoms in total. The maximum atomic E-state index is 6.27. The van der Waals surface area contributed by atoms with Crippen molar-refractivity contribution in [3.63, 3.8) is 0 Å². The zero-order chi connectivity index (χ0) is 14.0. The maximum Gasteiger partial charge on any atom is 0.138 e. The molecule has 2 N–H and O–H groups in total. The van der Waals surface area contributed by atoms with Crippen molar-refractivity contribution in [1.29, 1.82) is 0 Å². The van der Waals surface area contributed by atoms with Crippen LogP contribution in [-0.2, 0) is 6.54 Å². The van der Waals surface area contributed by atoms with Crippen LogP contribution in [0, 0.1) is 0 Å². The van der Waals surface area contributed by atoms with Crippen molar-refractivity contribution in [3.05, 3.63) is 51.0 Å². The summed E-state index contributed by atoms with van der Waals surface area (Å²) in [6.45, 7) is 0.371. The molecule has 2 rings (SSSR count). The summed E-state index contributed by atoms with van der Waals surface area (Å²) in [5.41, 5.74) is 8.38. The van der Waals surface area contributed by atoms with Crippen molar-refractivity contribution in [3.8, 4) is 16.9 Å². The zero-order valence-corrected chi connectivity index (χ0v) is 12.5. The van der Waals surface area contributed by atoms with E-state index in [1.54, 1.807) is 25.3 Å². The lowest BCUT2D eigenvalue weighted by molar-refractivity contribution is 0.415. The Morgan fingerprint density at radius 3 is 2.37 bits per heavy atom. The second-order valence-corrected chi connectivity index (χ2v) is 5.22. The fraction of sp³-hybridized carbons (Fsp3) is 0.143. The van der Waals surface area contributed by atoms with Gasteiger partial charge in [-0.05, 0) is 29.3 Å². The Labute approximate surface area is 127 Å². The molecule has 19 heavy (non-hydrogen) atoms.